The quantitative estimate of drug-likeness (QED) is 0.388. The summed E-state index contributed by atoms with van der Waals surface area (Å²) in [5, 5.41) is 0. The monoisotopic (exact) mass is 102 g/mol. The van der Waals surface area contributed by atoms with Crippen LogP contribution in [0.4, 0.5) is 4.39 Å². The lowest BCUT2D eigenvalue weighted by Crippen LogP contribution is -1.76. The molecule has 0 aliphatic carbocycles. The van der Waals surface area contributed by atoms with Crippen molar-refractivity contribution in [3.05, 3.63) is 25.2 Å². The van der Waals surface area contributed by atoms with Crippen molar-refractivity contribution >= 4 is 0 Å². The lowest BCUT2D eigenvalue weighted by Gasteiger charge is -1.87. The maximum atomic E-state index is 11.0. The minimum atomic E-state index is 0.264. The number of rotatable bonds is 3. The Bertz CT molecular complexity index is 68.5. The number of hydrogen-bond donors (Lipinski definition) is 0. The van der Waals surface area contributed by atoms with Crippen LogP contribution in [0.5, 0.6) is 0 Å². The molecule has 0 fully saturated rings. The zero-order chi connectivity index (χ0) is 5.54. The van der Waals surface area contributed by atoms with E-state index in [1.54, 1.807) is 0 Å². The van der Waals surface area contributed by atoms with Gasteiger partial charge in [0.25, 0.3) is 0 Å². The Balaban J connectivity index is 2.82. The van der Waals surface area contributed by atoms with Crippen LogP contribution in [0.15, 0.2) is 25.2 Å². The standard InChI is InChI=1S/C5H7FO/c1-2-7-5-3-4-6/h2-4H,1,5H2. The lowest BCUT2D eigenvalue weighted by molar-refractivity contribution is 0.290. The molecule has 0 bridgehead atoms. The van der Waals surface area contributed by atoms with Gasteiger partial charge in [-0.15, -0.1) is 0 Å². The molecule has 0 aromatic heterocycles. The van der Waals surface area contributed by atoms with Gasteiger partial charge >= 0.3 is 0 Å². The minimum Gasteiger partial charge on any atom is -0.498 e. The molecule has 0 amide bonds. The zero-order valence-corrected chi connectivity index (χ0v) is 3.93. The van der Waals surface area contributed by atoms with Gasteiger partial charge in [0, 0.05) is 0 Å². The third-order valence-electron chi connectivity index (χ3n) is 0.399. The molecule has 0 saturated carbocycles. The Labute approximate surface area is 42.1 Å². The van der Waals surface area contributed by atoms with E-state index in [0.29, 0.717) is 6.33 Å². The summed E-state index contributed by atoms with van der Waals surface area (Å²) in [7, 11) is 0. The molecule has 0 saturated heterocycles. The van der Waals surface area contributed by atoms with Crippen LogP contribution in [0.2, 0.25) is 0 Å². The fourth-order valence-corrected chi connectivity index (χ4v) is 0.160. The van der Waals surface area contributed by atoms with Crippen molar-refractivity contribution in [1.82, 2.24) is 0 Å². The number of halogens is 1. The second kappa shape index (κ2) is 5.21. The molecular weight excluding hydrogens is 95.1 g/mol. The normalized spacial score (nSPS) is 9.29. The van der Waals surface area contributed by atoms with E-state index in [2.05, 4.69) is 11.3 Å². The van der Waals surface area contributed by atoms with Crippen LogP contribution in [-0.2, 0) is 4.74 Å². The second-order valence-electron chi connectivity index (χ2n) is 0.862. The Kier molecular flexibility index (Phi) is 4.62. The summed E-state index contributed by atoms with van der Waals surface area (Å²) < 4.78 is 15.5. The van der Waals surface area contributed by atoms with Gasteiger partial charge in [0.15, 0.2) is 0 Å². The van der Waals surface area contributed by atoms with Crippen molar-refractivity contribution in [1.29, 1.82) is 0 Å². The Morgan fingerprint density at radius 1 is 1.71 bits per heavy atom. The summed E-state index contributed by atoms with van der Waals surface area (Å²) in [6.07, 6.45) is 2.95. The molecular formula is C5H7FO. The van der Waals surface area contributed by atoms with Crippen molar-refractivity contribution in [3.8, 4) is 0 Å². The highest BCUT2D eigenvalue weighted by atomic mass is 19.1. The van der Waals surface area contributed by atoms with Crippen LogP contribution >= 0.6 is 0 Å². The Morgan fingerprint density at radius 3 is 2.86 bits per heavy atom. The molecule has 7 heavy (non-hydrogen) atoms. The van der Waals surface area contributed by atoms with E-state index in [-0.39, 0.29) is 6.61 Å². The van der Waals surface area contributed by atoms with E-state index in [9.17, 15) is 4.39 Å². The zero-order valence-electron chi connectivity index (χ0n) is 3.93. The summed E-state index contributed by atoms with van der Waals surface area (Å²) in [6, 6.07) is 0. The van der Waals surface area contributed by atoms with Gasteiger partial charge in [-0.1, -0.05) is 6.58 Å². The van der Waals surface area contributed by atoms with Crippen molar-refractivity contribution in [3.63, 3.8) is 0 Å². The molecule has 0 heterocycles. The maximum Gasteiger partial charge on any atom is 0.108 e. The predicted octanol–water partition coefficient (Wildman–Crippen LogP) is 1.63. The largest absolute Gasteiger partial charge is 0.498 e. The van der Waals surface area contributed by atoms with Crippen molar-refractivity contribution in [2.45, 2.75) is 0 Å². The topological polar surface area (TPSA) is 9.23 Å². The highest BCUT2D eigenvalue weighted by Crippen LogP contribution is 1.76. The number of ether oxygens (including phenoxy) is 1. The first-order valence-electron chi connectivity index (χ1n) is 1.89. The van der Waals surface area contributed by atoms with Crippen LogP contribution in [0, 0.1) is 0 Å². The maximum absolute atomic E-state index is 11.0. The summed E-state index contributed by atoms with van der Waals surface area (Å²) in [5.41, 5.74) is 0. The molecule has 0 aliphatic heterocycles. The van der Waals surface area contributed by atoms with Crippen LogP contribution in [0.3, 0.4) is 0 Å². The predicted molar refractivity (Wildman–Crippen MR) is 26.4 cm³/mol. The van der Waals surface area contributed by atoms with Gasteiger partial charge in [0.05, 0.1) is 12.6 Å². The van der Waals surface area contributed by atoms with Gasteiger partial charge in [-0.3, -0.25) is 0 Å². The molecule has 0 aromatic carbocycles. The van der Waals surface area contributed by atoms with Gasteiger partial charge in [-0.05, 0) is 6.08 Å². The Morgan fingerprint density at radius 2 is 2.43 bits per heavy atom. The summed E-state index contributed by atoms with van der Waals surface area (Å²) in [5.74, 6) is 0. The van der Waals surface area contributed by atoms with Crippen molar-refractivity contribution in [2.24, 2.45) is 0 Å². The van der Waals surface area contributed by atoms with Crippen LogP contribution in [-0.4, -0.2) is 6.61 Å². The molecule has 2 heteroatoms. The summed E-state index contributed by atoms with van der Waals surface area (Å²) >= 11 is 0. The molecule has 0 N–H and O–H groups in total. The third kappa shape index (κ3) is 5.21. The fraction of sp³-hybridized carbons (Fsp3) is 0.200. The van der Waals surface area contributed by atoms with E-state index in [4.69, 9.17) is 0 Å². The molecule has 1 nitrogen and oxygen atoms in total. The lowest BCUT2D eigenvalue weighted by atomic mass is 10.7. The molecule has 0 spiro atoms. The van der Waals surface area contributed by atoms with Gasteiger partial charge in [-0.2, -0.15) is 0 Å². The second-order valence-corrected chi connectivity index (χ2v) is 0.862. The average Bonchev–Trinajstić information content (AvgIpc) is 1.69. The van der Waals surface area contributed by atoms with Crippen molar-refractivity contribution < 1.29 is 9.13 Å². The molecule has 0 unspecified atom stereocenters. The van der Waals surface area contributed by atoms with Gasteiger partial charge in [-0.25, -0.2) is 4.39 Å². The molecule has 0 aliphatic rings. The van der Waals surface area contributed by atoms with E-state index in [0.717, 1.165) is 0 Å². The highest BCUT2D eigenvalue weighted by Gasteiger charge is 1.66. The van der Waals surface area contributed by atoms with E-state index < -0.39 is 0 Å². The van der Waals surface area contributed by atoms with Crippen LogP contribution < -0.4 is 0 Å². The molecule has 0 aromatic rings. The van der Waals surface area contributed by atoms with E-state index in [1.165, 1.54) is 12.3 Å². The minimum absolute atomic E-state index is 0.264. The smallest absolute Gasteiger partial charge is 0.108 e. The highest BCUT2D eigenvalue weighted by molar-refractivity contribution is 4.71. The van der Waals surface area contributed by atoms with Crippen LogP contribution in [0.25, 0.3) is 0 Å². The van der Waals surface area contributed by atoms with E-state index in [1.807, 2.05) is 0 Å². The SMILES string of the molecule is C=COCC=CF. The summed E-state index contributed by atoms with van der Waals surface area (Å²) in [6.45, 7) is 3.52. The molecule has 0 rings (SSSR count). The third-order valence-corrected chi connectivity index (χ3v) is 0.399. The van der Waals surface area contributed by atoms with Crippen molar-refractivity contribution in [2.75, 3.05) is 6.61 Å². The van der Waals surface area contributed by atoms with Gasteiger partial charge in [0.1, 0.15) is 6.61 Å². The summed E-state index contributed by atoms with van der Waals surface area (Å²) in [4.78, 5) is 0. The first-order valence-corrected chi connectivity index (χ1v) is 1.89. The average molecular weight is 102 g/mol. The Hall–Kier alpha value is -0.790. The number of hydrogen-bond acceptors (Lipinski definition) is 1. The fourth-order valence-electron chi connectivity index (χ4n) is 0.160. The first kappa shape index (κ1) is 6.21. The molecule has 0 radical (unpaired) electrons. The van der Waals surface area contributed by atoms with Gasteiger partial charge < -0.3 is 4.74 Å². The molecule has 0 atom stereocenters. The van der Waals surface area contributed by atoms with E-state index >= 15 is 0 Å². The van der Waals surface area contributed by atoms with Crippen LogP contribution in [0.1, 0.15) is 0 Å². The molecule has 40 valence electrons. The van der Waals surface area contributed by atoms with Gasteiger partial charge in [0.2, 0.25) is 0 Å². The first-order chi connectivity index (χ1) is 3.41.